The summed E-state index contributed by atoms with van der Waals surface area (Å²) >= 11 is 0. The van der Waals surface area contributed by atoms with Crippen molar-refractivity contribution in [3.05, 3.63) is 24.3 Å². The van der Waals surface area contributed by atoms with Crippen LogP contribution in [0.3, 0.4) is 0 Å². The number of carbonyl (C=O) groups is 3. The fraction of sp³-hybridized carbons (Fsp3) is 0.900. The molecule has 0 rings (SSSR count). The third-order valence-corrected chi connectivity index (χ3v) is 15.7. The third kappa shape index (κ3) is 62.7. The van der Waals surface area contributed by atoms with Gasteiger partial charge in [-0.15, -0.1) is 0 Å². The average Bonchev–Trinajstić information content (AvgIpc) is 3.42. The van der Waals surface area contributed by atoms with Gasteiger partial charge >= 0.3 is 17.9 Å². The molecule has 6 heteroatoms. The normalized spacial score (nSPS) is 12.1. The van der Waals surface area contributed by atoms with E-state index in [4.69, 9.17) is 14.2 Å². The predicted molar refractivity (Wildman–Crippen MR) is 330 cm³/mol. The molecular formula is C70H132O6. The van der Waals surface area contributed by atoms with E-state index in [0.29, 0.717) is 19.3 Å². The smallest absolute Gasteiger partial charge is 0.306 e. The molecule has 76 heavy (non-hydrogen) atoms. The van der Waals surface area contributed by atoms with Crippen LogP contribution in [0.2, 0.25) is 0 Å². The molecule has 0 aliphatic rings. The van der Waals surface area contributed by atoms with Crippen molar-refractivity contribution in [1.82, 2.24) is 0 Å². The summed E-state index contributed by atoms with van der Waals surface area (Å²) in [6.07, 6.45) is 79.4. The van der Waals surface area contributed by atoms with Crippen LogP contribution < -0.4 is 0 Å². The molecule has 0 bridgehead atoms. The molecule has 0 aliphatic heterocycles. The molecule has 0 aliphatic carbocycles. The van der Waals surface area contributed by atoms with Gasteiger partial charge in [-0.05, 0) is 70.6 Å². The Morgan fingerprint density at radius 1 is 0.250 bits per heavy atom. The molecule has 0 spiro atoms. The third-order valence-electron chi connectivity index (χ3n) is 15.7. The van der Waals surface area contributed by atoms with Crippen LogP contribution >= 0.6 is 0 Å². The highest BCUT2D eigenvalue weighted by Gasteiger charge is 2.19. The van der Waals surface area contributed by atoms with Gasteiger partial charge in [-0.3, -0.25) is 14.4 Å². The van der Waals surface area contributed by atoms with Crippen LogP contribution in [0.15, 0.2) is 24.3 Å². The van der Waals surface area contributed by atoms with Crippen molar-refractivity contribution in [1.29, 1.82) is 0 Å². The van der Waals surface area contributed by atoms with E-state index < -0.39 is 6.10 Å². The van der Waals surface area contributed by atoms with Crippen molar-refractivity contribution in [3.8, 4) is 0 Å². The monoisotopic (exact) mass is 1070 g/mol. The van der Waals surface area contributed by atoms with Gasteiger partial charge in [0.1, 0.15) is 13.2 Å². The molecule has 1 unspecified atom stereocenters. The molecule has 0 aromatic heterocycles. The molecule has 0 aromatic rings. The maximum atomic E-state index is 12.9. The van der Waals surface area contributed by atoms with Gasteiger partial charge in [0.2, 0.25) is 0 Å². The van der Waals surface area contributed by atoms with E-state index >= 15 is 0 Å². The Labute approximate surface area is 474 Å². The molecule has 0 N–H and O–H groups in total. The summed E-state index contributed by atoms with van der Waals surface area (Å²) < 4.78 is 16.9. The number of unbranched alkanes of at least 4 members (excludes halogenated alkanes) is 49. The molecule has 6 nitrogen and oxygen atoms in total. The van der Waals surface area contributed by atoms with Crippen LogP contribution in [-0.2, 0) is 28.6 Å². The van der Waals surface area contributed by atoms with Crippen LogP contribution in [0.25, 0.3) is 0 Å². The van der Waals surface area contributed by atoms with Gasteiger partial charge in [0.15, 0.2) is 6.10 Å². The Balaban J connectivity index is 4.05. The maximum absolute atomic E-state index is 12.9. The van der Waals surface area contributed by atoms with Gasteiger partial charge < -0.3 is 14.2 Å². The van der Waals surface area contributed by atoms with Gasteiger partial charge in [-0.1, -0.05) is 321 Å². The first-order valence-corrected chi connectivity index (χ1v) is 34.3. The summed E-state index contributed by atoms with van der Waals surface area (Å²) in [6.45, 7) is 6.68. The van der Waals surface area contributed by atoms with Crippen molar-refractivity contribution in [3.63, 3.8) is 0 Å². The van der Waals surface area contributed by atoms with Crippen LogP contribution in [-0.4, -0.2) is 37.2 Å². The lowest BCUT2D eigenvalue weighted by Crippen LogP contribution is -2.30. The highest BCUT2D eigenvalue weighted by Crippen LogP contribution is 2.18. The minimum Gasteiger partial charge on any atom is -0.462 e. The molecule has 448 valence electrons. The Hall–Kier alpha value is -2.11. The Morgan fingerprint density at radius 3 is 0.658 bits per heavy atom. The number of allylic oxidation sites excluding steroid dienone is 4. The summed E-state index contributed by atoms with van der Waals surface area (Å²) in [4.78, 5) is 38.2. The molecule has 1 atom stereocenters. The van der Waals surface area contributed by atoms with E-state index in [2.05, 4.69) is 45.1 Å². The van der Waals surface area contributed by atoms with Crippen LogP contribution in [0.4, 0.5) is 0 Å². The van der Waals surface area contributed by atoms with E-state index in [1.807, 2.05) is 0 Å². The van der Waals surface area contributed by atoms with Crippen LogP contribution in [0.1, 0.15) is 387 Å². The van der Waals surface area contributed by atoms with Crippen LogP contribution in [0.5, 0.6) is 0 Å². The van der Waals surface area contributed by atoms with Gasteiger partial charge in [-0.25, -0.2) is 0 Å². The number of ether oxygens (including phenoxy) is 3. The topological polar surface area (TPSA) is 78.9 Å². The maximum Gasteiger partial charge on any atom is 0.306 e. The first-order chi connectivity index (χ1) is 37.5. The fourth-order valence-corrected chi connectivity index (χ4v) is 10.5. The Morgan fingerprint density at radius 2 is 0.434 bits per heavy atom. The van der Waals surface area contributed by atoms with Crippen molar-refractivity contribution in [2.75, 3.05) is 13.2 Å². The molecule has 0 heterocycles. The van der Waals surface area contributed by atoms with Gasteiger partial charge in [0.25, 0.3) is 0 Å². The van der Waals surface area contributed by atoms with E-state index in [1.54, 1.807) is 0 Å². The second kappa shape index (κ2) is 65.4. The summed E-state index contributed by atoms with van der Waals surface area (Å²) in [6, 6.07) is 0. The minimum absolute atomic E-state index is 0.0672. The van der Waals surface area contributed by atoms with Gasteiger partial charge in [0.05, 0.1) is 0 Å². The highest BCUT2D eigenvalue weighted by atomic mass is 16.6. The van der Waals surface area contributed by atoms with E-state index in [9.17, 15) is 14.4 Å². The zero-order chi connectivity index (χ0) is 55.0. The van der Waals surface area contributed by atoms with Crippen molar-refractivity contribution < 1.29 is 28.6 Å². The number of hydrogen-bond donors (Lipinski definition) is 0. The van der Waals surface area contributed by atoms with Gasteiger partial charge in [0, 0.05) is 19.3 Å². The molecular weight excluding hydrogens is 937 g/mol. The van der Waals surface area contributed by atoms with Crippen LogP contribution in [0, 0.1) is 0 Å². The van der Waals surface area contributed by atoms with E-state index in [1.165, 1.54) is 289 Å². The van der Waals surface area contributed by atoms with Gasteiger partial charge in [-0.2, -0.15) is 0 Å². The quantitative estimate of drug-likeness (QED) is 0.0261. The van der Waals surface area contributed by atoms with E-state index in [-0.39, 0.29) is 31.1 Å². The average molecular weight is 1070 g/mol. The first-order valence-electron chi connectivity index (χ1n) is 34.3. The summed E-state index contributed by atoms with van der Waals surface area (Å²) in [5.41, 5.74) is 0. The van der Waals surface area contributed by atoms with Crippen molar-refractivity contribution in [2.45, 2.75) is 393 Å². The molecule has 0 fully saturated rings. The Kier molecular flexibility index (Phi) is 63.6. The highest BCUT2D eigenvalue weighted by molar-refractivity contribution is 5.71. The molecule has 0 saturated heterocycles. The largest absolute Gasteiger partial charge is 0.462 e. The summed E-state index contributed by atoms with van der Waals surface area (Å²) in [5, 5.41) is 0. The predicted octanol–water partition coefficient (Wildman–Crippen LogP) is 23.4. The first kappa shape index (κ1) is 73.9. The zero-order valence-corrected chi connectivity index (χ0v) is 51.6. The molecule has 0 radical (unpaired) electrons. The Bertz CT molecular complexity index is 1230. The molecule has 0 amide bonds. The minimum atomic E-state index is -0.769. The lowest BCUT2D eigenvalue weighted by atomic mass is 10.0. The lowest BCUT2D eigenvalue weighted by Gasteiger charge is -2.18. The fourth-order valence-electron chi connectivity index (χ4n) is 10.5. The number of rotatable bonds is 64. The SMILES string of the molecule is CCCCCCCCC/C=C\CCCCCCCCCC(=O)OC(COC(=O)CCCCCCCCCCC)COC(=O)CCCCCCCCCCCCCCCCCCCCC/C=C\CCCCCCCCCC. The number of esters is 3. The standard InChI is InChI=1S/C70H132O6/c1-4-7-10-13-16-19-21-23-25-27-29-30-31-32-33-34-35-36-37-38-39-40-41-43-44-46-48-51-54-57-60-63-69(72)75-66-67(65-74-68(71)62-59-56-53-50-18-15-12-9-6-3)76-70(73)64-61-58-55-52-49-47-45-42-28-26-24-22-20-17-14-11-8-5-2/h26-29,67H,4-25,30-66H2,1-3H3/b28-26-,29-27-. The summed E-state index contributed by atoms with van der Waals surface area (Å²) in [5.74, 6) is -0.848. The van der Waals surface area contributed by atoms with E-state index in [0.717, 1.165) is 57.8 Å². The second-order valence-corrected chi connectivity index (χ2v) is 23.4. The summed E-state index contributed by atoms with van der Waals surface area (Å²) in [7, 11) is 0. The lowest BCUT2D eigenvalue weighted by molar-refractivity contribution is -0.167. The number of hydrogen-bond acceptors (Lipinski definition) is 6. The van der Waals surface area contributed by atoms with Crippen molar-refractivity contribution in [2.24, 2.45) is 0 Å². The zero-order valence-electron chi connectivity index (χ0n) is 51.6. The molecule has 0 saturated carbocycles. The number of carbonyl (C=O) groups excluding carboxylic acids is 3. The molecule has 0 aromatic carbocycles. The van der Waals surface area contributed by atoms with Crippen molar-refractivity contribution >= 4 is 17.9 Å². The second-order valence-electron chi connectivity index (χ2n) is 23.4.